The standard InChI is InChI=1S/C32H48N4O8.C14H13ClN2O2/c1-8-43-28(39)10-9-24(16-22-11-12-33-31(22)41)34-32(42)23(13-18(2)3)17-27(38)29(19(4)5)35-30(40)20(6)14-26(37)25-15-21(7)44-36-25;15-10-4-11(7-17-6-10)19-14(18)12-3-1-2-9-5-16-8-13(9)12/h9-10,15,18-20,22-24,29H,8,11-14,16-17H2,1-7H3,(H,33,41)(H,34,42)(H,35,40);1,3-4,6-7,12,16H,2,5,8H2/b10-9+;/t20-,22-,23+,24+,29-;/m0./s1. The van der Waals surface area contributed by atoms with Crippen LogP contribution in [0.1, 0.15) is 96.3 Å². The molecule has 17 heteroatoms. The van der Waals surface area contributed by atoms with Gasteiger partial charge < -0.3 is 35.3 Å². The predicted molar refractivity (Wildman–Crippen MR) is 234 cm³/mol. The number of rotatable bonds is 20. The average Bonchev–Trinajstić information content (AvgIpc) is 4.00. The Morgan fingerprint density at radius 2 is 1.78 bits per heavy atom. The number of aryl methyl sites for hydroxylation is 1. The first kappa shape index (κ1) is 50.2. The number of hydrogen-bond donors (Lipinski definition) is 4. The summed E-state index contributed by atoms with van der Waals surface area (Å²) >= 11 is 5.82. The van der Waals surface area contributed by atoms with E-state index in [0.717, 1.165) is 25.1 Å². The maximum Gasteiger partial charge on any atom is 0.330 e. The maximum absolute atomic E-state index is 13.6. The Morgan fingerprint density at radius 1 is 1.02 bits per heavy atom. The summed E-state index contributed by atoms with van der Waals surface area (Å²) < 4.78 is 15.2. The summed E-state index contributed by atoms with van der Waals surface area (Å²) in [6, 6.07) is 1.60. The third-order valence-electron chi connectivity index (χ3n) is 10.8. The van der Waals surface area contributed by atoms with E-state index in [-0.39, 0.29) is 78.2 Å². The smallest absolute Gasteiger partial charge is 0.330 e. The molecular weight excluding hydrogens is 832 g/mol. The Labute approximate surface area is 373 Å². The minimum absolute atomic E-state index is 0.0889. The second kappa shape index (κ2) is 24.4. The Morgan fingerprint density at radius 3 is 2.41 bits per heavy atom. The van der Waals surface area contributed by atoms with Crippen LogP contribution in [0.5, 0.6) is 5.75 Å². The van der Waals surface area contributed by atoms with Crippen LogP contribution < -0.4 is 26.0 Å². The highest BCUT2D eigenvalue weighted by atomic mass is 35.5. The lowest BCUT2D eigenvalue weighted by Crippen LogP contribution is -2.48. The number of halogens is 1. The van der Waals surface area contributed by atoms with Gasteiger partial charge in [-0.2, -0.15) is 0 Å². The van der Waals surface area contributed by atoms with E-state index in [4.69, 9.17) is 25.6 Å². The Hall–Kier alpha value is -5.48. The highest BCUT2D eigenvalue weighted by Crippen LogP contribution is 2.29. The first-order chi connectivity index (χ1) is 29.9. The van der Waals surface area contributed by atoms with Crippen molar-refractivity contribution in [3.05, 3.63) is 76.5 Å². The van der Waals surface area contributed by atoms with E-state index in [2.05, 4.69) is 31.4 Å². The van der Waals surface area contributed by atoms with Gasteiger partial charge in [-0.3, -0.25) is 33.8 Å². The number of hydrogen-bond acceptors (Lipinski definition) is 13. The summed E-state index contributed by atoms with van der Waals surface area (Å²) in [6.45, 7) is 14.8. The van der Waals surface area contributed by atoms with Crippen molar-refractivity contribution in [1.29, 1.82) is 0 Å². The van der Waals surface area contributed by atoms with Gasteiger partial charge in [0.2, 0.25) is 17.7 Å². The monoisotopic (exact) mass is 892 g/mol. The lowest BCUT2D eigenvalue weighted by Gasteiger charge is -2.27. The van der Waals surface area contributed by atoms with Crippen molar-refractivity contribution < 1.29 is 47.6 Å². The average molecular weight is 893 g/mol. The highest BCUT2D eigenvalue weighted by molar-refractivity contribution is 6.30. The van der Waals surface area contributed by atoms with Gasteiger partial charge in [0, 0.05) is 80.7 Å². The first-order valence-corrected chi connectivity index (χ1v) is 22.0. The molecule has 2 aromatic rings. The van der Waals surface area contributed by atoms with Crippen LogP contribution in [0, 0.1) is 42.4 Å². The Kier molecular flexibility index (Phi) is 19.4. The summed E-state index contributed by atoms with van der Waals surface area (Å²) in [7, 11) is 0. The molecule has 0 bridgehead atoms. The first-order valence-electron chi connectivity index (χ1n) is 21.6. The van der Waals surface area contributed by atoms with Crippen molar-refractivity contribution in [1.82, 2.24) is 31.4 Å². The molecule has 16 nitrogen and oxygen atoms in total. The lowest BCUT2D eigenvalue weighted by atomic mass is 9.86. The molecule has 1 unspecified atom stereocenters. The summed E-state index contributed by atoms with van der Waals surface area (Å²) in [4.78, 5) is 93.0. The van der Waals surface area contributed by atoms with Crippen molar-refractivity contribution in [2.24, 2.45) is 35.5 Å². The second-order valence-electron chi connectivity index (χ2n) is 16.9. The van der Waals surface area contributed by atoms with Crippen LogP contribution in [0.2, 0.25) is 5.02 Å². The fourth-order valence-corrected chi connectivity index (χ4v) is 7.75. The molecule has 3 amide bonds. The zero-order valence-electron chi connectivity index (χ0n) is 37.2. The summed E-state index contributed by atoms with van der Waals surface area (Å²) in [5.74, 6) is -3.75. The molecule has 4 N–H and O–H groups in total. The molecule has 1 fully saturated rings. The highest BCUT2D eigenvalue weighted by Gasteiger charge is 2.34. The van der Waals surface area contributed by atoms with Crippen LogP contribution in [-0.2, 0) is 33.5 Å². The number of aromatic nitrogens is 2. The molecule has 1 saturated heterocycles. The van der Waals surface area contributed by atoms with E-state index in [1.54, 1.807) is 40.7 Å². The van der Waals surface area contributed by atoms with E-state index in [1.807, 2.05) is 26.0 Å². The van der Waals surface area contributed by atoms with Crippen molar-refractivity contribution >= 4 is 52.8 Å². The van der Waals surface area contributed by atoms with E-state index in [9.17, 15) is 33.6 Å². The third-order valence-corrected chi connectivity index (χ3v) is 11.1. The number of ketones is 2. The van der Waals surface area contributed by atoms with Crippen LogP contribution in [-0.4, -0.2) is 89.7 Å². The van der Waals surface area contributed by atoms with Crippen molar-refractivity contribution in [2.75, 3.05) is 26.2 Å². The number of amides is 3. The molecule has 6 atom stereocenters. The van der Waals surface area contributed by atoms with Crippen molar-refractivity contribution in [2.45, 2.75) is 99.1 Å². The Balaban J connectivity index is 0.000000376. The van der Waals surface area contributed by atoms with Crippen molar-refractivity contribution in [3.63, 3.8) is 0 Å². The second-order valence-corrected chi connectivity index (χ2v) is 17.4. The van der Waals surface area contributed by atoms with Gasteiger partial charge in [-0.15, -0.1) is 0 Å². The quantitative estimate of drug-likeness (QED) is 0.0581. The number of carbonyl (C=O) groups is 7. The zero-order chi connectivity index (χ0) is 46.2. The number of pyridine rings is 1. The van der Waals surface area contributed by atoms with Gasteiger partial charge in [-0.25, -0.2) is 4.79 Å². The van der Waals surface area contributed by atoms with Gasteiger partial charge in [0.1, 0.15) is 11.5 Å². The molecule has 5 rings (SSSR count). The number of nitrogens with one attached hydrogen (secondary N) is 4. The molecule has 1 aliphatic carbocycles. The van der Waals surface area contributed by atoms with Crippen LogP contribution in [0.15, 0.2) is 64.5 Å². The lowest BCUT2D eigenvalue weighted by molar-refractivity contribution is -0.137. The molecule has 63 heavy (non-hydrogen) atoms. The zero-order valence-corrected chi connectivity index (χ0v) is 37.9. The molecule has 0 saturated carbocycles. The topological polar surface area (TPSA) is 225 Å². The fraction of sp³-hybridized carbons (Fsp3) is 0.543. The number of nitrogens with zero attached hydrogens (tertiary/aromatic N) is 2. The molecular formula is C46H61ClN6O10. The number of allylic oxidation sites excluding steroid dienone is 1. The molecule has 4 heterocycles. The predicted octanol–water partition coefficient (Wildman–Crippen LogP) is 5.20. The van der Waals surface area contributed by atoms with E-state index < -0.39 is 35.8 Å². The number of carbonyl (C=O) groups excluding carboxylic acids is 7. The largest absolute Gasteiger partial charge is 0.463 e. The number of esters is 2. The molecule has 0 spiro atoms. The van der Waals surface area contributed by atoms with Crippen LogP contribution in [0.3, 0.4) is 0 Å². The molecule has 2 aliphatic heterocycles. The molecule has 2 aromatic heterocycles. The number of Topliss-reactive ketones (excluding diaryl/α,β-unsaturated/α-hetero) is 2. The van der Waals surface area contributed by atoms with Crippen LogP contribution >= 0.6 is 11.6 Å². The van der Waals surface area contributed by atoms with Gasteiger partial charge in [0.15, 0.2) is 17.3 Å². The van der Waals surface area contributed by atoms with E-state index in [1.165, 1.54) is 36.2 Å². The molecule has 3 aliphatic rings. The summed E-state index contributed by atoms with van der Waals surface area (Å²) in [5, 5.41) is 15.9. The SMILES string of the molecule is CCOC(=O)/C=C/[C@H](C[C@@H]1CCNC1=O)NC(=O)[C@@H](CC(=O)[C@@H](NC(=O)[C@@H](C)CC(=O)c1cc(C)on1)C(C)C)CC(C)C.O=C(Oc1cncc(Cl)c1)C1C=CCC2=C1CNC2. The number of ether oxygens (including phenoxy) is 2. The van der Waals surface area contributed by atoms with Crippen LogP contribution in [0.4, 0.5) is 0 Å². The van der Waals surface area contributed by atoms with Gasteiger partial charge in [0.05, 0.1) is 29.8 Å². The van der Waals surface area contributed by atoms with Crippen molar-refractivity contribution in [3.8, 4) is 5.75 Å². The normalized spacial score (nSPS) is 18.8. The van der Waals surface area contributed by atoms with Gasteiger partial charge in [-0.05, 0) is 56.9 Å². The van der Waals surface area contributed by atoms with Crippen LogP contribution in [0.25, 0.3) is 0 Å². The molecule has 0 aromatic carbocycles. The minimum atomic E-state index is -0.862. The van der Waals surface area contributed by atoms with E-state index >= 15 is 0 Å². The molecule has 342 valence electrons. The molecule has 0 radical (unpaired) electrons. The van der Waals surface area contributed by atoms with Gasteiger partial charge >= 0.3 is 11.9 Å². The van der Waals surface area contributed by atoms with Gasteiger partial charge in [0.25, 0.3) is 0 Å². The van der Waals surface area contributed by atoms with E-state index in [0.29, 0.717) is 42.3 Å². The Bertz CT molecular complexity index is 2060. The van der Waals surface area contributed by atoms with Gasteiger partial charge in [-0.1, -0.05) is 75.2 Å². The summed E-state index contributed by atoms with van der Waals surface area (Å²) in [6.07, 6.45) is 11.7. The minimum Gasteiger partial charge on any atom is -0.463 e. The third kappa shape index (κ3) is 15.7. The fourth-order valence-electron chi connectivity index (χ4n) is 7.59. The maximum atomic E-state index is 13.6. The summed E-state index contributed by atoms with van der Waals surface area (Å²) in [5.41, 5.74) is 2.58.